The van der Waals surface area contributed by atoms with Gasteiger partial charge in [-0.25, -0.2) is 9.24 Å². The van der Waals surface area contributed by atoms with Crippen molar-refractivity contribution in [3.05, 3.63) is 47.1 Å². The quantitative estimate of drug-likeness (QED) is 0.730. The Balaban J connectivity index is 1.23. The van der Waals surface area contributed by atoms with E-state index in [4.69, 9.17) is 11.3 Å². The van der Waals surface area contributed by atoms with Crippen molar-refractivity contribution in [3.8, 4) is 11.3 Å². The van der Waals surface area contributed by atoms with Crippen LogP contribution in [0.1, 0.15) is 24.8 Å². The van der Waals surface area contributed by atoms with Crippen molar-refractivity contribution in [1.82, 2.24) is 15.1 Å². The van der Waals surface area contributed by atoms with Crippen LogP contribution in [0.2, 0.25) is 0 Å². The minimum absolute atomic E-state index is 0.319. The third kappa shape index (κ3) is 4.28. The third-order valence-corrected chi connectivity index (χ3v) is 7.08. The van der Waals surface area contributed by atoms with Gasteiger partial charge in [0, 0.05) is 37.8 Å². The minimum atomic E-state index is -0.319. The van der Waals surface area contributed by atoms with E-state index in [1.165, 1.54) is 38.2 Å². The molecule has 1 aromatic carbocycles. The van der Waals surface area contributed by atoms with Gasteiger partial charge in [-0.3, -0.25) is 0 Å². The monoisotopic (exact) mass is 421 g/mol. The number of aryl methyl sites for hydroxylation is 1. The van der Waals surface area contributed by atoms with Crippen molar-refractivity contribution in [2.75, 3.05) is 38.2 Å². The predicted octanol–water partition coefficient (Wildman–Crippen LogP) is 4.30. The lowest BCUT2D eigenvalue weighted by molar-refractivity contribution is 0.171. The Kier molecular flexibility index (Phi) is 5.59. The molecular weight excluding hydrogens is 393 g/mol. The predicted molar refractivity (Wildman–Crippen MR) is 117 cm³/mol. The van der Waals surface area contributed by atoms with Crippen LogP contribution in [0.5, 0.6) is 0 Å². The summed E-state index contributed by atoms with van der Waals surface area (Å²) in [5, 5.41) is 12.1. The first-order chi connectivity index (χ1) is 15.1. The molecule has 162 valence electrons. The Labute approximate surface area is 182 Å². The molecule has 2 aliphatic heterocycles. The van der Waals surface area contributed by atoms with Gasteiger partial charge in [0.1, 0.15) is 5.82 Å². The van der Waals surface area contributed by atoms with E-state index < -0.39 is 0 Å². The average molecular weight is 422 g/mol. The van der Waals surface area contributed by atoms with Gasteiger partial charge >= 0.3 is 0 Å². The Morgan fingerprint density at radius 3 is 2.74 bits per heavy atom. The number of likely N-dealkylation sites (tertiary alicyclic amines) is 1. The van der Waals surface area contributed by atoms with Crippen molar-refractivity contribution in [2.24, 2.45) is 17.8 Å². The molecule has 0 bridgehead atoms. The van der Waals surface area contributed by atoms with Crippen molar-refractivity contribution >= 4 is 11.5 Å². The Bertz CT molecular complexity index is 986. The normalized spacial score (nSPS) is 27.9. The highest BCUT2D eigenvalue weighted by molar-refractivity contribution is 5.73. The van der Waals surface area contributed by atoms with E-state index in [0.29, 0.717) is 46.6 Å². The lowest BCUT2D eigenvalue weighted by atomic mass is 10.0. The van der Waals surface area contributed by atoms with Crippen molar-refractivity contribution in [3.63, 3.8) is 0 Å². The van der Waals surface area contributed by atoms with E-state index in [2.05, 4.69) is 25.3 Å². The molecule has 6 nitrogen and oxygen atoms in total. The van der Waals surface area contributed by atoms with Crippen LogP contribution in [-0.4, -0.2) is 54.0 Å². The van der Waals surface area contributed by atoms with Gasteiger partial charge < -0.3 is 15.0 Å². The van der Waals surface area contributed by atoms with Gasteiger partial charge in [-0.1, -0.05) is 6.07 Å². The highest BCUT2D eigenvalue weighted by atomic mass is 19.1. The number of ether oxygens (including phenoxy) is 1. The molecule has 4 atom stereocenters. The molecule has 3 fully saturated rings. The molecule has 1 N–H and O–H groups in total. The molecular formula is C24H28FN5O. The second kappa shape index (κ2) is 8.52. The summed E-state index contributed by atoms with van der Waals surface area (Å²) in [5.74, 6) is 2.33. The number of halogens is 1. The first kappa shape index (κ1) is 20.3. The van der Waals surface area contributed by atoms with E-state index in [-0.39, 0.29) is 5.82 Å². The lowest BCUT2D eigenvalue weighted by Gasteiger charge is -2.22. The van der Waals surface area contributed by atoms with Crippen LogP contribution in [0.15, 0.2) is 24.3 Å². The van der Waals surface area contributed by atoms with Crippen LogP contribution in [0.25, 0.3) is 16.1 Å². The zero-order chi connectivity index (χ0) is 21.4. The molecule has 1 unspecified atom stereocenters. The number of benzene rings is 1. The van der Waals surface area contributed by atoms with E-state index in [1.54, 1.807) is 12.1 Å². The number of aromatic nitrogens is 2. The fourth-order valence-corrected chi connectivity index (χ4v) is 5.52. The van der Waals surface area contributed by atoms with Crippen LogP contribution in [0.3, 0.4) is 0 Å². The van der Waals surface area contributed by atoms with Crippen LogP contribution in [0.4, 0.5) is 15.9 Å². The van der Waals surface area contributed by atoms with Crippen molar-refractivity contribution in [2.45, 2.75) is 32.2 Å². The van der Waals surface area contributed by atoms with Crippen LogP contribution >= 0.6 is 0 Å². The number of anilines is 1. The van der Waals surface area contributed by atoms with Crippen molar-refractivity contribution in [1.29, 1.82) is 0 Å². The third-order valence-electron chi connectivity index (χ3n) is 7.08. The number of rotatable bonds is 5. The minimum Gasteiger partial charge on any atom is -0.381 e. The second-order valence-electron chi connectivity index (χ2n) is 9.32. The summed E-state index contributed by atoms with van der Waals surface area (Å²) in [5.41, 5.74) is 2.55. The van der Waals surface area contributed by atoms with Crippen molar-refractivity contribution < 1.29 is 9.13 Å². The molecule has 3 heterocycles. The number of hydrogen-bond acceptors (Lipinski definition) is 5. The largest absolute Gasteiger partial charge is 0.381 e. The highest BCUT2D eigenvalue weighted by Gasteiger charge is 2.41. The van der Waals surface area contributed by atoms with Gasteiger partial charge in [-0.2, -0.15) is 5.10 Å². The maximum Gasteiger partial charge on any atom is 0.232 e. The molecule has 31 heavy (non-hydrogen) atoms. The SMILES string of the molecule is [C-]#[N+]c1cc(-c2cc(F)ccc2C)nnc1NC1C[C@@H]2CN(C[C@@H]3CCOC3)C[C@@H]2C1. The lowest BCUT2D eigenvalue weighted by Crippen LogP contribution is -2.30. The number of nitrogens with zero attached hydrogens (tertiary/aromatic N) is 4. The van der Waals surface area contributed by atoms with Crippen LogP contribution < -0.4 is 5.32 Å². The summed E-state index contributed by atoms with van der Waals surface area (Å²) in [7, 11) is 0. The van der Waals surface area contributed by atoms with Gasteiger partial charge in [0.15, 0.2) is 5.82 Å². The first-order valence-corrected chi connectivity index (χ1v) is 11.2. The Morgan fingerprint density at radius 1 is 1.23 bits per heavy atom. The van der Waals surface area contributed by atoms with E-state index >= 15 is 0 Å². The molecule has 0 spiro atoms. The fourth-order valence-electron chi connectivity index (χ4n) is 5.52. The summed E-state index contributed by atoms with van der Waals surface area (Å²) in [6.45, 7) is 14.8. The maximum absolute atomic E-state index is 13.7. The summed E-state index contributed by atoms with van der Waals surface area (Å²) in [4.78, 5) is 6.28. The average Bonchev–Trinajstić information content (AvgIpc) is 3.48. The smallest absolute Gasteiger partial charge is 0.232 e. The molecule has 1 aromatic heterocycles. The molecule has 1 saturated carbocycles. The highest BCUT2D eigenvalue weighted by Crippen LogP contribution is 2.40. The van der Waals surface area contributed by atoms with Crippen LogP contribution in [0, 0.1) is 37.1 Å². The number of hydrogen-bond donors (Lipinski definition) is 1. The molecule has 7 heteroatoms. The van der Waals surface area contributed by atoms with E-state index in [9.17, 15) is 4.39 Å². The summed E-state index contributed by atoms with van der Waals surface area (Å²) < 4.78 is 19.2. The molecule has 0 radical (unpaired) electrons. The van der Waals surface area contributed by atoms with Crippen LogP contribution in [-0.2, 0) is 4.74 Å². The van der Waals surface area contributed by atoms with E-state index in [1.807, 2.05) is 6.92 Å². The standard InChI is InChI=1S/C24H28FN5O/c1-15-3-4-19(25)9-21(15)22-10-23(26-2)24(29-28-22)27-20-7-17-12-30(13-18(17)8-20)11-16-5-6-31-14-16/h3-4,9-10,16-18,20H,5-8,11-14H2,1H3,(H,27,29)/t16-,17-,18+,20?/m0/s1. The van der Waals surface area contributed by atoms with Gasteiger partial charge in [0.2, 0.25) is 5.69 Å². The molecule has 2 aromatic rings. The molecule has 2 saturated heterocycles. The number of nitrogens with one attached hydrogen (secondary N) is 1. The molecule has 5 rings (SSSR count). The van der Waals surface area contributed by atoms with Gasteiger partial charge in [0.25, 0.3) is 0 Å². The summed E-state index contributed by atoms with van der Waals surface area (Å²) >= 11 is 0. The summed E-state index contributed by atoms with van der Waals surface area (Å²) in [6.07, 6.45) is 3.40. The zero-order valence-electron chi connectivity index (χ0n) is 17.9. The summed E-state index contributed by atoms with van der Waals surface area (Å²) in [6, 6.07) is 6.63. The maximum atomic E-state index is 13.7. The second-order valence-corrected chi connectivity index (χ2v) is 9.32. The molecule has 3 aliphatic rings. The Morgan fingerprint density at radius 2 is 2.03 bits per heavy atom. The zero-order valence-corrected chi connectivity index (χ0v) is 17.9. The topological polar surface area (TPSA) is 54.6 Å². The Hall–Kier alpha value is -2.56. The molecule has 1 aliphatic carbocycles. The number of fused-ring (bicyclic) bond motifs is 1. The van der Waals surface area contributed by atoms with Gasteiger partial charge in [0.05, 0.1) is 18.9 Å². The van der Waals surface area contributed by atoms with Gasteiger partial charge in [-0.05, 0) is 67.7 Å². The first-order valence-electron chi connectivity index (χ1n) is 11.2. The van der Waals surface area contributed by atoms with Gasteiger partial charge in [-0.15, -0.1) is 5.10 Å². The van der Waals surface area contributed by atoms with E-state index in [0.717, 1.165) is 31.6 Å². The fraction of sp³-hybridized carbons (Fsp3) is 0.542. The molecule has 0 amide bonds.